The van der Waals surface area contributed by atoms with Crippen LogP contribution in [0.2, 0.25) is 0 Å². The summed E-state index contributed by atoms with van der Waals surface area (Å²) in [5.41, 5.74) is -0.761. The molecule has 1 aromatic carbocycles. The number of rotatable bonds is 7. The van der Waals surface area contributed by atoms with E-state index in [0.29, 0.717) is 43.9 Å². The van der Waals surface area contributed by atoms with E-state index < -0.39 is 32.5 Å². The Morgan fingerprint density at radius 2 is 1.83 bits per heavy atom. The third-order valence-corrected chi connectivity index (χ3v) is 10.2. The topological polar surface area (TPSA) is 105 Å². The molecule has 7 nitrogen and oxygen atoms in total. The minimum absolute atomic E-state index is 0.0540. The van der Waals surface area contributed by atoms with Gasteiger partial charge in [-0.1, -0.05) is 19.9 Å². The molecule has 0 aromatic heterocycles. The number of hydrogen-bond donors (Lipinski definition) is 2. The lowest BCUT2D eigenvalue weighted by Gasteiger charge is -2.42. The first-order valence-electron chi connectivity index (χ1n) is 12.4. The SMILES string of the molecule is CCN(C[C@@]12CC[C@@H](/C(=C/C(=N)c3c(F)cccc3F)C1=N)C2(C)C)C(=O)CN1CCS(=O)(=O)CC1. The van der Waals surface area contributed by atoms with Gasteiger partial charge < -0.3 is 15.7 Å². The number of amides is 1. The van der Waals surface area contributed by atoms with Crippen LogP contribution in [-0.2, 0) is 14.6 Å². The van der Waals surface area contributed by atoms with Gasteiger partial charge >= 0.3 is 0 Å². The van der Waals surface area contributed by atoms with Crippen LogP contribution in [0.1, 0.15) is 39.2 Å². The maximum atomic E-state index is 14.3. The van der Waals surface area contributed by atoms with Crippen LogP contribution in [0.25, 0.3) is 0 Å². The van der Waals surface area contributed by atoms with Gasteiger partial charge in [-0.15, -0.1) is 0 Å². The molecule has 0 unspecified atom stereocenters. The van der Waals surface area contributed by atoms with Gasteiger partial charge in [-0.2, -0.15) is 0 Å². The second-order valence-electron chi connectivity index (χ2n) is 10.7. The summed E-state index contributed by atoms with van der Waals surface area (Å²) in [5.74, 6) is -1.67. The van der Waals surface area contributed by atoms with Gasteiger partial charge in [0.05, 0.1) is 29.3 Å². The van der Waals surface area contributed by atoms with Crippen molar-refractivity contribution < 1.29 is 22.0 Å². The molecule has 1 aromatic rings. The van der Waals surface area contributed by atoms with Crippen molar-refractivity contribution in [2.45, 2.75) is 33.6 Å². The summed E-state index contributed by atoms with van der Waals surface area (Å²) < 4.78 is 52.0. The molecule has 196 valence electrons. The molecule has 2 atom stereocenters. The van der Waals surface area contributed by atoms with Crippen molar-refractivity contribution in [2.75, 3.05) is 44.2 Å². The summed E-state index contributed by atoms with van der Waals surface area (Å²) in [6.45, 7) is 7.63. The van der Waals surface area contributed by atoms with Gasteiger partial charge in [-0.3, -0.25) is 9.69 Å². The average Bonchev–Trinajstić information content (AvgIpc) is 3.14. The largest absolute Gasteiger partial charge is 0.341 e. The highest BCUT2D eigenvalue weighted by atomic mass is 32.2. The second kappa shape index (κ2) is 9.45. The van der Waals surface area contributed by atoms with Gasteiger partial charge in [0.15, 0.2) is 9.84 Å². The fourth-order valence-corrected chi connectivity index (χ4v) is 7.55. The molecule has 2 N–H and O–H groups in total. The van der Waals surface area contributed by atoms with Crippen LogP contribution in [0.3, 0.4) is 0 Å². The standard InChI is InChI=1S/C26H34F2N4O3S/c1-4-32(22(33)15-31-10-12-36(34,35)13-11-31)16-26-9-8-18(25(26,2)3)17(24(26)30)14-21(29)23-19(27)6-5-7-20(23)28/h5-7,14,18,29-30H,4,8-13,15-16H2,1-3H3/b17-14-,29-21?,30-24?/t18-,26-/m0/s1. The Morgan fingerprint density at radius 1 is 1.22 bits per heavy atom. The monoisotopic (exact) mass is 520 g/mol. The molecule has 2 saturated carbocycles. The molecular formula is C26H34F2N4O3S. The average molecular weight is 521 g/mol. The lowest BCUT2D eigenvalue weighted by Crippen LogP contribution is -2.51. The normalized spacial score (nSPS) is 28.0. The summed E-state index contributed by atoms with van der Waals surface area (Å²) in [6, 6.07) is 3.49. The van der Waals surface area contributed by atoms with Crippen LogP contribution in [0, 0.1) is 39.2 Å². The van der Waals surface area contributed by atoms with E-state index in [1.165, 1.54) is 12.1 Å². The van der Waals surface area contributed by atoms with Crippen molar-refractivity contribution in [1.82, 2.24) is 9.80 Å². The summed E-state index contributed by atoms with van der Waals surface area (Å²) in [6.07, 6.45) is 2.92. The Morgan fingerprint density at radius 3 is 2.42 bits per heavy atom. The Kier molecular flexibility index (Phi) is 6.98. The Balaban J connectivity index is 1.56. The van der Waals surface area contributed by atoms with E-state index in [0.717, 1.165) is 18.6 Å². The van der Waals surface area contributed by atoms with Crippen molar-refractivity contribution in [3.8, 4) is 0 Å². The maximum absolute atomic E-state index is 14.3. The number of halogens is 2. The molecule has 3 fully saturated rings. The molecule has 36 heavy (non-hydrogen) atoms. The van der Waals surface area contributed by atoms with Gasteiger partial charge in [-0.05, 0) is 54.9 Å². The number of carbonyl (C=O) groups is 1. The van der Waals surface area contributed by atoms with E-state index in [4.69, 9.17) is 10.8 Å². The zero-order valence-corrected chi connectivity index (χ0v) is 21.9. The predicted molar refractivity (Wildman–Crippen MR) is 135 cm³/mol. The molecule has 1 aliphatic heterocycles. The number of allylic oxidation sites excluding steroid dienone is 2. The minimum Gasteiger partial charge on any atom is -0.341 e. The molecule has 3 aliphatic rings. The van der Waals surface area contributed by atoms with Gasteiger partial charge in [0.2, 0.25) is 5.91 Å². The Labute approximate surface area is 211 Å². The Hall–Kier alpha value is -2.46. The minimum atomic E-state index is -3.03. The van der Waals surface area contributed by atoms with Crippen molar-refractivity contribution in [2.24, 2.45) is 16.7 Å². The fourth-order valence-electron chi connectivity index (χ4n) is 6.27. The van der Waals surface area contributed by atoms with Gasteiger partial charge in [-0.25, -0.2) is 17.2 Å². The van der Waals surface area contributed by atoms with Gasteiger partial charge in [0, 0.05) is 37.3 Å². The summed E-state index contributed by atoms with van der Waals surface area (Å²) in [7, 11) is -3.03. The molecule has 2 aliphatic carbocycles. The summed E-state index contributed by atoms with van der Waals surface area (Å²) in [5, 5.41) is 17.5. The number of hydrogen-bond acceptors (Lipinski definition) is 6. The van der Waals surface area contributed by atoms with Crippen LogP contribution in [0.15, 0.2) is 29.8 Å². The number of benzene rings is 1. The number of sulfone groups is 1. The first kappa shape index (κ1) is 26.6. The zero-order chi connectivity index (χ0) is 26.5. The molecule has 1 amide bonds. The molecule has 1 heterocycles. The van der Waals surface area contributed by atoms with Crippen molar-refractivity contribution in [1.29, 1.82) is 10.8 Å². The summed E-state index contributed by atoms with van der Waals surface area (Å²) in [4.78, 5) is 16.8. The number of fused-ring (bicyclic) bond motifs is 2. The highest BCUT2D eigenvalue weighted by Gasteiger charge is 2.65. The van der Waals surface area contributed by atoms with Gasteiger partial charge in [0.1, 0.15) is 11.6 Å². The lowest BCUT2D eigenvalue weighted by molar-refractivity contribution is -0.133. The molecular weight excluding hydrogens is 486 g/mol. The van der Waals surface area contributed by atoms with E-state index in [-0.39, 0.29) is 41.0 Å². The first-order chi connectivity index (χ1) is 16.8. The smallest absolute Gasteiger partial charge is 0.236 e. The van der Waals surface area contributed by atoms with Crippen molar-refractivity contribution in [3.05, 3.63) is 47.0 Å². The first-order valence-corrected chi connectivity index (χ1v) is 14.2. The van der Waals surface area contributed by atoms with E-state index in [9.17, 15) is 22.0 Å². The Bertz CT molecular complexity index is 1210. The molecule has 10 heteroatoms. The molecule has 0 radical (unpaired) electrons. The highest BCUT2D eigenvalue weighted by molar-refractivity contribution is 7.91. The van der Waals surface area contributed by atoms with Crippen molar-refractivity contribution >= 4 is 27.2 Å². The molecule has 2 bridgehead atoms. The predicted octanol–water partition coefficient (Wildman–Crippen LogP) is 3.29. The fraction of sp³-hybridized carbons (Fsp3) is 0.577. The van der Waals surface area contributed by atoms with E-state index in [1.54, 1.807) is 4.90 Å². The molecule has 0 spiro atoms. The van der Waals surface area contributed by atoms with Crippen molar-refractivity contribution in [3.63, 3.8) is 0 Å². The number of carbonyl (C=O) groups excluding carboxylic acids is 1. The van der Waals surface area contributed by atoms with Crippen LogP contribution in [0.5, 0.6) is 0 Å². The highest BCUT2D eigenvalue weighted by Crippen LogP contribution is 2.66. The molecule has 4 rings (SSSR count). The van der Waals surface area contributed by atoms with Crippen LogP contribution < -0.4 is 0 Å². The van der Waals surface area contributed by atoms with E-state index in [2.05, 4.69) is 13.8 Å². The molecule has 1 saturated heterocycles. The third-order valence-electron chi connectivity index (χ3n) is 8.63. The number of nitrogens with one attached hydrogen (secondary N) is 2. The van der Waals surface area contributed by atoms with E-state index in [1.807, 2.05) is 11.8 Å². The third kappa shape index (κ3) is 4.42. The summed E-state index contributed by atoms with van der Waals surface area (Å²) >= 11 is 0. The number of nitrogens with zero attached hydrogens (tertiary/aromatic N) is 2. The zero-order valence-electron chi connectivity index (χ0n) is 21.0. The van der Waals surface area contributed by atoms with Crippen LogP contribution in [0.4, 0.5) is 8.78 Å². The second-order valence-corrected chi connectivity index (χ2v) is 13.0. The lowest BCUT2D eigenvalue weighted by atomic mass is 9.68. The maximum Gasteiger partial charge on any atom is 0.236 e. The quantitative estimate of drug-likeness (QED) is 0.538. The van der Waals surface area contributed by atoms with Crippen LogP contribution >= 0.6 is 0 Å². The van der Waals surface area contributed by atoms with E-state index >= 15 is 0 Å². The van der Waals surface area contributed by atoms with Crippen LogP contribution in [-0.4, -0.2) is 79.8 Å². The number of likely N-dealkylation sites (N-methyl/N-ethyl adjacent to an activating group) is 1. The van der Waals surface area contributed by atoms with Gasteiger partial charge in [0.25, 0.3) is 0 Å².